The molecule has 0 N–H and O–H groups in total. The van der Waals surface area contributed by atoms with Crippen LogP contribution < -0.4 is 0 Å². The molecule has 1 aliphatic rings. The fourth-order valence-electron chi connectivity index (χ4n) is 1.62. The first-order valence-corrected chi connectivity index (χ1v) is 5.03. The van der Waals surface area contributed by atoms with Gasteiger partial charge in [0.1, 0.15) is 6.07 Å². The molecule has 1 aliphatic heterocycles. The highest BCUT2D eigenvalue weighted by Crippen LogP contribution is 2.25. The van der Waals surface area contributed by atoms with Crippen molar-refractivity contribution >= 4 is 0 Å². The summed E-state index contributed by atoms with van der Waals surface area (Å²) >= 11 is 0. The molecular weight excluding hydrogens is 167 g/mol. The summed E-state index contributed by atoms with van der Waals surface area (Å²) in [4.78, 5) is 2.25. The lowest BCUT2D eigenvalue weighted by Gasteiger charge is -2.32. The molecule has 0 aromatic carbocycles. The third-order valence-corrected chi connectivity index (χ3v) is 2.68. The van der Waals surface area contributed by atoms with Crippen LogP contribution in [0.2, 0.25) is 0 Å². The largest absolute Gasteiger partial charge is 0.303 e. The maximum absolute atomic E-state index is 13.4. The molecule has 0 aromatic heterocycles. The van der Waals surface area contributed by atoms with Crippen LogP contribution in [0.1, 0.15) is 32.6 Å². The second-order valence-electron chi connectivity index (χ2n) is 3.77. The Hall–Kier alpha value is -0.620. The molecule has 2 nitrogen and oxygen atoms in total. The number of hydrogen-bond acceptors (Lipinski definition) is 2. The molecule has 1 heterocycles. The minimum Gasteiger partial charge on any atom is -0.303 e. The quantitative estimate of drug-likeness (QED) is 0.671. The molecule has 0 amide bonds. The SMILES string of the molecule is CCCCN1CCC(F)(C#N)CC1. The van der Waals surface area contributed by atoms with Gasteiger partial charge < -0.3 is 4.90 Å². The number of nitriles is 1. The highest BCUT2D eigenvalue weighted by atomic mass is 19.1. The standard InChI is InChI=1S/C10H17FN2/c1-2-3-6-13-7-4-10(11,9-12)5-8-13/h2-8H2,1H3. The van der Waals surface area contributed by atoms with Crippen LogP contribution >= 0.6 is 0 Å². The lowest BCUT2D eigenvalue weighted by Crippen LogP contribution is -2.41. The molecule has 0 aliphatic carbocycles. The molecule has 74 valence electrons. The van der Waals surface area contributed by atoms with Crippen molar-refractivity contribution in [2.75, 3.05) is 19.6 Å². The van der Waals surface area contributed by atoms with Gasteiger partial charge in [0.25, 0.3) is 0 Å². The number of rotatable bonds is 3. The Bertz CT molecular complexity index is 190. The first-order chi connectivity index (χ1) is 6.20. The molecule has 0 spiro atoms. The molecule has 1 saturated heterocycles. The minimum absolute atomic E-state index is 0.382. The highest BCUT2D eigenvalue weighted by molar-refractivity contribution is 5.03. The van der Waals surface area contributed by atoms with E-state index in [1.807, 2.05) is 0 Å². The summed E-state index contributed by atoms with van der Waals surface area (Å²) in [5, 5.41) is 8.57. The molecule has 1 fully saturated rings. The predicted molar refractivity (Wildman–Crippen MR) is 50.0 cm³/mol. The average Bonchev–Trinajstić information content (AvgIpc) is 2.17. The zero-order chi connectivity index (χ0) is 9.73. The van der Waals surface area contributed by atoms with Crippen molar-refractivity contribution in [1.29, 1.82) is 5.26 Å². The monoisotopic (exact) mass is 184 g/mol. The van der Waals surface area contributed by atoms with Gasteiger partial charge in [0.2, 0.25) is 0 Å². The summed E-state index contributed by atoms with van der Waals surface area (Å²) in [7, 11) is 0. The summed E-state index contributed by atoms with van der Waals surface area (Å²) in [5.74, 6) is 0. The smallest absolute Gasteiger partial charge is 0.198 e. The normalized spacial score (nSPS) is 22.5. The minimum atomic E-state index is -1.54. The van der Waals surface area contributed by atoms with E-state index in [0.29, 0.717) is 12.8 Å². The van der Waals surface area contributed by atoms with Gasteiger partial charge in [-0.25, -0.2) is 4.39 Å². The van der Waals surface area contributed by atoms with E-state index in [2.05, 4.69) is 11.8 Å². The van der Waals surface area contributed by atoms with Crippen LogP contribution in [0.4, 0.5) is 4.39 Å². The Morgan fingerprint density at radius 2 is 2.08 bits per heavy atom. The second kappa shape index (κ2) is 4.57. The number of halogens is 1. The fraction of sp³-hybridized carbons (Fsp3) is 0.900. The molecule has 0 saturated carbocycles. The Morgan fingerprint density at radius 1 is 1.46 bits per heavy atom. The van der Waals surface area contributed by atoms with E-state index in [1.54, 1.807) is 6.07 Å². The number of unbranched alkanes of at least 4 members (excludes halogenated alkanes) is 1. The lowest BCUT2D eigenvalue weighted by molar-refractivity contribution is 0.102. The number of nitrogens with zero attached hydrogens (tertiary/aromatic N) is 2. The molecule has 0 bridgehead atoms. The topological polar surface area (TPSA) is 27.0 Å². The van der Waals surface area contributed by atoms with Gasteiger partial charge >= 0.3 is 0 Å². The molecular formula is C10H17FN2. The highest BCUT2D eigenvalue weighted by Gasteiger charge is 2.33. The average molecular weight is 184 g/mol. The van der Waals surface area contributed by atoms with Crippen LogP contribution in [0.5, 0.6) is 0 Å². The van der Waals surface area contributed by atoms with Crippen LogP contribution in [0.15, 0.2) is 0 Å². The lowest BCUT2D eigenvalue weighted by atomic mass is 9.95. The summed E-state index contributed by atoms with van der Waals surface area (Å²) in [6.45, 7) is 4.69. The molecule has 0 unspecified atom stereocenters. The third kappa shape index (κ3) is 2.96. The zero-order valence-electron chi connectivity index (χ0n) is 8.22. The maximum atomic E-state index is 13.4. The molecule has 13 heavy (non-hydrogen) atoms. The van der Waals surface area contributed by atoms with E-state index in [1.165, 1.54) is 12.8 Å². The van der Waals surface area contributed by atoms with Crippen LogP contribution in [0.25, 0.3) is 0 Å². The van der Waals surface area contributed by atoms with Gasteiger partial charge in [0.15, 0.2) is 5.67 Å². The Kier molecular flexibility index (Phi) is 3.68. The second-order valence-corrected chi connectivity index (χ2v) is 3.77. The van der Waals surface area contributed by atoms with Gasteiger partial charge in [-0.05, 0) is 13.0 Å². The van der Waals surface area contributed by atoms with Gasteiger partial charge in [-0.3, -0.25) is 0 Å². The summed E-state index contributed by atoms with van der Waals surface area (Å²) in [6, 6.07) is 1.76. The van der Waals surface area contributed by atoms with Crippen LogP contribution in [0, 0.1) is 11.3 Å². The first-order valence-electron chi connectivity index (χ1n) is 5.03. The Labute approximate surface area is 79.3 Å². The van der Waals surface area contributed by atoms with Gasteiger partial charge in [-0.15, -0.1) is 0 Å². The number of piperidine rings is 1. The van der Waals surface area contributed by atoms with E-state index in [9.17, 15) is 4.39 Å². The van der Waals surface area contributed by atoms with Crippen molar-refractivity contribution in [3.63, 3.8) is 0 Å². The zero-order valence-corrected chi connectivity index (χ0v) is 8.22. The van der Waals surface area contributed by atoms with Crippen molar-refractivity contribution in [3.05, 3.63) is 0 Å². The summed E-state index contributed by atoms with van der Waals surface area (Å²) in [5.41, 5.74) is -1.54. The third-order valence-electron chi connectivity index (χ3n) is 2.68. The predicted octanol–water partition coefficient (Wildman–Crippen LogP) is 2.11. The number of hydrogen-bond donors (Lipinski definition) is 0. The van der Waals surface area contributed by atoms with Crippen LogP contribution in [0.3, 0.4) is 0 Å². The van der Waals surface area contributed by atoms with E-state index in [4.69, 9.17) is 5.26 Å². The number of likely N-dealkylation sites (tertiary alicyclic amines) is 1. The fourth-order valence-corrected chi connectivity index (χ4v) is 1.62. The summed E-state index contributed by atoms with van der Waals surface area (Å²) in [6.07, 6.45) is 3.11. The van der Waals surface area contributed by atoms with Gasteiger partial charge in [0, 0.05) is 25.9 Å². The molecule has 1 rings (SSSR count). The van der Waals surface area contributed by atoms with Crippen molar-refractivity contribution < 1.29 is 4.39 Å². The van der Waals surface area contributed by atoms with Crippen molar-refractivity contribution in [2.24, 2.45) is 0 Å². The molecule has 0 aromatic rings. The van der Waals surface area contributed by atoms with Crippen molar-refractivity contribution in [3.8, 4) is 6.07 Å². The first kappa shape index (κ1) is 10.5. The van der Waals surface area contributed by atoms with Gasteiger partial charge in [-0.1, -0.05) is 13.3 Å². The maximum Gasteiger partial charge on any atom is 0.198 e. The van der Waals surface area contributed by atoms with Gasteiger partial charge in [-0.2, -0.15) is 5.26 Å². The van der Waals surface area contributed by atoms with Crippen molar-refractivity contribution in [1.82, 2.24) is 4.90 Å². The van der Waals surface area contributed by atoms with E-state index >= 15 is 0 Å². The van der Waals surface area contributed by atoms with Crippen molar-refractivity contribution in [2.45, 2.75) is 38.3 Å². The summed E-state index contributed by atoms with van der Waals surface area (Å²) < 4.78 is 13.4. The van der Waals surface area contributed by atoms with E-state index in [-0.39, 0.29) is 0 Å². The molecule has 3 heteroatoms. The van der Waals surface area contributed by atoms with E-state index < -0.39 is 5.67 Å². The molecule has 0 atom stereocenters. The van der Waals surface area contributed by atoms with Crippen LogP contribution in [-0.4, -0.2) is 30.2 Å². The van der Waals surface area contributed by atoms with Crippen LogP contribution in [-0.2, 0) is 0 Å². The van der Waals surface area contributed by atoms with Gasteiger partial charge in [0.05, 0.1) is 0 Å². The van der Waals surface area contributed by atoms with E-state index in [0.717, 1.165) is 19.6 Å². The Morgan fingerprint density at radius 3 is 2.54 bits per heavy atom. The number of alkyl halides is 1. The molecule has 0 radical (unpaired) electrons. The Balaban J connectivity index is 2.27.